The Kier molecular flexibility index (Phi) is 7.90. The molecule has 1 unspecified atom stereocenters. The first kappa shape index (κ1) is 25.7. The number of fused-ring (bicyclic) bond motifs is 1. The van der Waals surface area contributed by atoms with Crippen LogP contribution in [0.15, 0.2) is 70.8 Å². The Hall–Kier alpha value is -3.89. The second-order valence-corrected chi connectivity index (χ2v) is 10.1. The lowest BCUT2D eigenvalue weighted by Crippen LogP contribution is -2.32. The maximum atomic E-state index is 13.4. The number of hydrogen-bond donors (Lipinski definition) is 1. The zero-order chi connectivity index (χ0) is 26.5. The van der Waals surface area contributed by atoms with Crippen LogP contribution in [0.25, 0.3) is 10.9 Å². The Morgan fingerprint density at radius 1 is 1.11 bits per heavy atom. The number of hydrogen-bond acceptors (Lipinski definition) is 7. The van der Waals surface area contributed by atoms with Crippen molar-refractivity contribution in [2.45, 2.75) is 45.9 Å². The summed E-state index contributed by atoms with van der Waals surface area (Å²) in [6.45, 7) is 6.06. The van der Waals surface area contributed by atoms with E-state index in [1.54, 1.807) is 28.2 Å². The van der Waals surface area contributed by atoms with Crippen LogP contribution in [0.4, 0.5) is 4.39 Å². The molecule has 8 nitrogen and oxygen atoms in total. The SMILES string of the molecule is CCOc1ccc2[nH]c(=O)c(CN(Cc3cccs3)C(CC)c3nnnn3Cc3ccc(F)cc3)cc2c1. The Morgan fingerprint density at radius 3 is 2.68 bits per heavy atom. The lowest BCUT2D eigenvalue weighted by molar-refractivity contribution is 0.163. The van der Waals surface area contributed by atoms with Crippen molar-refractivity contribution in [3.8, 4) is 5.75 Å². The molecule has 0 saturated carbocycles. The molecule has 0 radical (unpaired) electrons. The van der Waals surface area contributed by atoms with E-state index >= 15 is 0 Å². The third-order valence-corrected chi connectivity index (χ3v) is 7.31. The van der Waals surface area contributed by atoms with Crippen molar-refractivity contribution in [2.75, 3.05) is 6.61 Å². The summed E-state index contributed by atoms with van der Waals surface area (Å²) in [6.07, 6.45) is 0.731. The molecule has 3 heterocycles. The minimum absolute atomic E-state index is 0.126. The molecule has 1 atom stereocenters. The van der Waals surface area contributed by atoms with Crippen molar-refractivity contribution >= 4 is 22.2 Å². The van der Waals surface area contributed by atoms with Crippen LogP contribution in [0.2, 0.25) is 0 Å². The molecule has 0 saturated heterocycles. The molecular weight excluding hydrogens is 503 g/mol. The number of ether oxygens (including phenoxy) is 1. The van der Waals surface area contributed by atoms with Crippen LogP contribution in [0.5, 0.6) is 5.75 Å². The molecule has 196 valence electrons. The normalized spacial score (nSPS) is 12.3. The molecule has 0 fully saturated rings. The molecule has 2 aromatic carbocycles. The largest absolute Gasteiger partial charge is 0.494 e. The summed E-state index contributed by atoms with van der Waals surface area (Å²) in [5.74, 6) is 1.18. The summed E-state index contributed by atoms with van der Waals surface area (Å²) in [6, 6.07) is 17.9. The highest BCUT2D eigenvalue weighted by Gasteiger charge is 2.26. The average molecular weight is 533 g/mol. The third-order valence-electron chi connectivity index (χ3n) is 6.45. The average Bonchev–Trinajstić information content (AvgIpc) is 3.59. The molecule has 5 aromatic rings. The smallest absolute Gasteiger partial charge is 0.252 e. The summed E-state index contributed by atoms with van der Waals surface area (Å²) in [5.41, 5.74) is 2.19. The van der Waals surface area contributed by atoms with Gasteiger partial charge in [-0.25, -0.2) is 9.07 Å². The number of halogens is 1. The Morgan fingerprint density at radius 2 is 1.95 bits per heavy atom. The molecule has 0 spiro atoms. The predicted octanol–water partition coefficient (Wildman–Crippen LogP) is 5.32. The summed E-state index contributed by atoms with van der Waals surface area (Å²) < 4.78 is 20.8. The van der Waals surface area contributed by atoms with Gasteiger partial charge in [0.15, 0.2) is 5.82 Å². The van der Waals surface area contributed by atoms with Crippen LogP contribution in [0.3, 0.4) is 0 Å². The van der Waals surface area contributed by atoms with E-state index in [4.69, 9.17) is 4.74 Å². The van der Waals surface area contributed by atoms with Crippen molar-refractivity contribution in [3.63, 3.8) is 0 Å². The molecule has 38 heavy (non-hydrogen) atoms. The summed E-state index contributed by atoms with van der Waals surface area (Å²) in [4.78, 5) is 19.6. The van der Waals surface area contributed by atoms with E-state index in [0.717, 1.165) is 28.6 Å². The number of thiophene rings is 1. The van der Waals surface area contributed by atoms with Crippen LogP contribution < -0.4 is 10.3 Å². The molecule has 0 aliphatic carbocycles. The Labute approximate surface area is 223 Å². The highest BCUT2D eigenvalue weighted by Crippen LogP contribution is 2.28. The van der Waals surface area contributed by atoms with Gasteiger partial charge in [-0.05, 0) is 77.2 Å². The number of tetrazole rings is 1. The van der Waals surface area contributed by atoms with Gasteiger partial charge in [-0.15, -0.1) is 16.4 Å². The minimum atomic E-state index is -0.284. The topological polar surface area (TPSA) is 88.9 Å². The molecule has 5 rings (SSSR count). The van der Waals surface area contributed by atoms with Gasteiger partial charge >= 0.3 is 0 Å². The third kappa shape index (κ3) is 5.81. The highest BCUT2D eigenvalue weighted by atomic mass is 32.1. The number of nitrogens with zero attached hydrogens (tertiary/aromatic N) is 5. The molecule has 0 aliphatic heterocycles. The molecule has 0 amide bonds. The fourth-order valence-corrected chi connectivity index (χ4v) is 5.36. The molecule has 10 heteroatoms. The number of aromatic nitrogens is 5. The first-order valence-electron chi connectivity index (χ1n) is 12.6. The Bertz CT molecular complexity index is 1550. The molecule has 0 aliphatic rings. The molecule has 0 bridgehead atoms. The van der Waals surface area contributed by atoms with Crippen molar-refractivity contribution in [2.24, 2.45) is 0 Å². The maximum absolute atomic E-state index is 13.4. The number of pyridine rings is 1. The first-order chi connectivity index (χ1) is 18.5. The van der Waals surface area contributed by atoms with Crippen molar-refractivity contribution < 1.29 is 9.13 Å². The van der Waals surface area contributed by atoms with E-state index in [1.807, 2.05) is 42.6 Å². The van der Waals surface area contributed by atoms with Gasteiger partial charge in [0, 0.05) is 34.4 Å². The van der Waals surface area contributed by atoms with Gasteiger partial charge in [0.25, 0.3) is 5.56 Å². The minimum Gasteiger partial charge on any atom is -0.494 e. The fourth-order valence-electron chi connectivity index (χ4n) is 4.63. The van der Waals surface area contributed by atoms with Crippen LogP contribution in [-0.2, 0) is 19.6 Å². The second-order valence-electron chi connectivity index (χ2n) is 9.04. The van der Waals surface area contributed by atoms with E-state index in [0.29, 0.717) is 37.6 Å². The number of benzene rings is 2. The van der Waals surface area contributed by atoms with E-state index in [2.05, 4.69) is 38.4 Å². The zero-order valence-electron chi connectivity index (χ0n) is 21.3. The van der Waals surface area contributed by atoms with E-state index < -0.39 is 0 Å². The number of H-pyrrole nitrogens is 1. The maximum Gasteiger partial charge on any atom is 0.252 e. The van der Waals surface area contributed by atoms with Gasteiger partial charge in [-0.2, -0.15) is 0 Å². The standard InChI is InChI=1S/C28H29FN6O2S/c1-3-26(27-31-32-33-35(27)16-19-7-9-22(29)10-8-19)34(18-24-6-5-13-38-24)17-21-14-20-15-23(37-4-2)11-12-25(20)30-28(21)36/h5-15,26H,3-4,16-18H2,1-2H3,(H,30,36). The van der Waals surface area contributed by atoms with E-state index in [9.17, 15) is 9.18 Å². The predicted molar refractivity (Wildman–Crippen MR) is 146 cm³/mol. The summed E-state index contributed by atoms with van der Waals surface area (Å²) >= 11 is 1.67. The van der Waals surface area contributed by atoms with Gasteiger partial charge in [0.05, 0.1) is 19.2 Å². The number of rotatable bonds is 11. The summed E-state index contributed by atoms with van der Waals surface area (Å²) in [7, 11) is 0. The lowest BCUT2D eigenvalue weighted by atomic mass is 10.1. The monoisotopic (exact) mass is 532 g/mol. The molecule has 3 aromatic heterocycles. The van der Waals surface area contributed by atoms with Gasteiger partial charge in [-0.3, -0.25) is 9.69 Å². The van der Waals surface area contributed by atoms with Crippen LogP contribution in [-0.4, -0.2) is 36.7 Å². The highest BCUT2D eigenvalue weighted by molar-refractivity contribution is 7.09. The van der Waals surface area contributed by atoms with Crippen LogP contribution in [0.1, 0.15) is 48.1 Å². The van der Waals surface area contributed by atoms with Crippen molar-refractivity contribution in [1.29, 1.82) is 0 Å². The second kappa shape index (κ2) is 11.7. The lowest BCUT2D eigenvalue weighted by Gasteiger charge is -2.30. The molecule has 1 N–H and O–H groups in total. The van der Waals surface area contributed by atoms with Gasteiger partial charge < -0.3 is 9.72 Å². The van der Waals surface area contributed by atoms with Crippen LogP contribution in [0, 0.1) is 5.82 Å². The van der Waals surface area contributed by atoms with Gasteiger partial charge in [0.1, 0.15) is 11.6 Å². The Balaban J connectivity index is 1.49. The number of nitrogens with one attached hydrogen (secondary N) is 1. The fraction of sp³-hybridized carbons (Fsp3) is 0.286. The van der Waals surface area contributed by atoms with Crippen molar-refractivity contribution in [1.82, 2.24) is 30.1 Å². The van der Waals surface area contributed by atoms with Crippen molar-refractivity contribution in [3.05, 3.63) is 104 Å². The van der Waals surface area contributed by atoms with E-state index in [-0.39, 0.29) is 17.4 Å². The first-order valence-corrected chi connectivity index (χ1v) is 13.5. The van der Waals surface area contributed by atoms with Gasteiger partial charge in [-0.1, -0.05) is 25.1 Å². The van der Waals surface area contributed by atoms with Gasteiger partial charge in [0.2, 0.25) is 0 Å². The van der Waals surface area contributed by atoms with E-state index in [1.165, 1.54) is 17.0 Å². The number of aromatic amines is 1. The summed E-state index contributed by atoms with van der Waals surface area (Å²) in [5, 5.41) is 15.5. The quantitative estimate of drug-likeness (QED) is 0.248. The molecular formula is C28H29FN6O2S. The zero-order valence-corrected chi connectivity index (χ0v) is 22.1. The van der Waals surface area contributed by atoms with Crippen LogP contribution >= 0.6 is 11.3 Å².